The predicted molar refractivity (Wildman–Crippen MR) is 82.1 cm³/mol. The van der Waals surface area contributed by atoms with Crippen LogP contribution in [0.5, 0.6) is 5.75 Å². The molecule has 3 rings (SSSR count). The number of hydrogen-bond donors (Lipinski definition) is 0. The molecule has 0 amide bonds. The molecule has 0 aliphatic heterocycles. The van der Waals surface area contributed by atoms with E-state index in [1.165, 1.54) is 5.56 Å². The number of hydrogen-bond acceptors (Lipinski definition) is 3. The van der Waals surface area contributed by atoms with E-state index < -0.39 is 0 Å². The van der Waals surface area contributed by atoms with Crippen molar-refractivity contribution >= 4 is 21.6 Å². The van der Waals surface area contributed by atoms with Crippen molar-refractivity contribution in [2.24, 2.45) is 0 Å². The van der Waals surface area contributed by atoms with Gasteiger partial charge in [0.15, 0.2) is 5.65 Å². The van der Waals surface area contributed by atoms with Crippen LogP contribution in [0, 0.1) is 13.8 Å². The second kappa shape index (κ2) is 4.90. The zero-order valence-electron chi connectivity index (χ0n) is 11.5. The number of nitrogens with zero attached hydrogens (tertiary/aromatic N) is 3. The van der Waals surface area contributed by atoms with E-state index in [9.17, 15) is 0 Å². The van der Waals surface area contributed by atoms with Crippen LogP contribution in [-0.4, -0.2) is 21.7 Å². The highest BCUT2D eigenvalue weighted by atomic mass is 79.9. The van der Waals surface area contributed by atoms with E-state index in [0.717, 1.165) is 32.8 Å². The third kappa shape index (κ3) is 2.08. The van der Waals surface area contributed by atoms with Crippen LogP contribution in [0.1, 0.15) is 11.1 Å². The van der Waals surface area contributed by atoms with Crippen LogP contribution in [0.4, 0.5) is 0 Å². The second-order valence-electron chi connectivity index (χ2n) is 4.65. The van der Waals surface area contributed by atoms with Crippen LogP contribution in [0.15, 0.2) is 35.1 Å². The third-order valence-electron chi connectivity index (χ3n) is 3.52. The Labute approximate surface area is 125 Å². The SMILES string of the molecule is COc1ccc(-c2ccc3nc(Br)cn3n2)c(C)c1C. The highest BCUT2D eigenvalue weighted by Crippen LogP contribution is 2.30. The molecule has 5 heteroatoms. The standard InChI is InChI=1S/C15H14BrN3O/c1-9-10(2)13(20-3)6-4-11(9)12-5-7-15-17-14(16)8-19(15)18-12/h4-8H,1-3H3. The number of ether oxygens (including phenoxy) is 1. The van der Waals surface area contributed by atoms with Gasteiger partial charge in [-0.15, -0.1) is 0 Å². The summed E-state index contributed by atoms with van der Waals surface area (Å²) in [6.07, 6.45) is 1.85. The van der Waals surface area contributed by atoms with Crippen LogP contribution >= 0.6 is 15.9 Å². The molecule has 2 aromatic heterocycles. The van der Waals surface area contributed by atoms with E-state index in [4.69, 9.17) is 4.74 Å². The first-order chi connectivity index (χ1) is 9.60. The Bertz CT molecular complexity index is 795. The lowest BCUT2D eigenvalue weighted by Crippen LogP contribution is -1.97. The van der Waals surface area contributed by atoms with E-state index in [0.29, 0.717) is 0 Å². The average molecular weight is 332 g/mol. The van der Waals surface area contributed by atoms with Crippen LogP contribution in [-0.2, 0) is 0 Å². The van der Waals surface area contributed by atoms with Gasteiger partial charge in [0.05, 0.1) is 19.0 Å². The van der Waals surface area contributed by atoms with Gasteiger partial charge in [-0.3, -0.25) is 0 Å². The summed E-state index contributed by atoms with van der Waals surface area (Å²) in [6.45, 7) is 4.15. The van der Waals surface area contributed by atoms with Crippen LogP contribution in [0.25, 0.3) is 16.9 Å². The van der Waals surface area contributed by atoms with Crippen molar-refractivity contribution in [3.63, 3.8) is 0 Å². The minimum Gasteiger partial charge on any atom is -0.496 e. The van der Waals surface area contributed by atoms with E-state index in [2.05, 4.69) is 39.9 Å². The first-order valence-electron chi connectivity index (χ1n) is 6.26. The fraction of sp³-hybridized carbons (Fsp3) is 0.200. The number of imidazole rings is 1. The summed E-state index contributed by atoms with van der Waals surface area (Å²) >= 11 is 3.36. The van der Waals surface area contributed by atoms with Crippen LogP contribution < -0.4 is 4.74 Å². The van der Waals surface area contributed by atoms with Gasteiger partial charge in [0.2, 0.25) is 0 Å². The molecule has 102 valence electrons. The maximum absolute atomic E-state index is 5.35. The summed E-state index contributed by atoms with van der Waals surface area (Å²) in [7, 11) is 1.69. The molecule has 20 heavy (non-hydrogen) atoms. The Morgan fingerprint density at radius 3 is 2.65 bits per heavy atom. The summed E-state index contributed by atoms with van der Waals surface area (Å²) < 4.78 is 7.91. The van der Waals surface area contributed by atoms with Crippen LogP contribution in [0.2, 0.25) is 0 Å². The molecule has 4 nitrogen and oxygen atoms in total. The first kappa shape index (κ1) is 13.1. The van der Waals surface area contributed by atoms with Crippen molar-refractivity contribution in [1.82, 2.24) is 14.6 Å². The molecule has 0 aliphatic carbocycles. The Morgan fingerprint density at radius 1 is 1.10 bits per heavy atom. The molecule has 1 aromatic carbocycles. The average Bonchev–Trinajstić information content (AvgIpc) is 2.81. The minimum absolute atomic E-state index is 0.782. The molecule has 0 spiro atoms. The molecule has 0 fully saturated rings. The largest absolute Gasteiger partial charge is 0.496 e. The first-order valence-corrected chi connectivity index (χ1v) is 7.06. The predicted octanol–water partition coefficient (Wildman–Crippen LogP) is 3.78. The van der Waals surface area contributed by atoms with Crippen molar-refractivity contribution < 1.29 is 4.74 Å². The molecule has 0 aliphatic rings. The maximum atomic E-state index is 5.35. The highest BCUT2D eigenvalue weighted by Gasteiger charge is 2.10. The molecule has 0 saturated heterocycles. The fourth-order valence-electron chi connectivity index (χ4n) is 2.29. The molecule has 0 bridgehead atoms. The van der Waals surface area contributed by atoms with Gasteiger partial charge in [0.1, 0.15) is 10.4 Å². The number of benzene rings is 1. The Kier molecular flexibility index (Phi) is 3.22. The number of aromatic nitrogens is 3. The Balaban J connectivity index is 2.17. The molecule has 0 radical (unpaired) electrons. The van der Waals surface area contributed by atoms with E-state index >= 15 is 0 Å². The zero-order chi connectivity index (χ0) is 14.3. The van der Waals surface area contributed by atoms with E-state index in [1.54, 1.807) is 11.6 Å². The number of fused-ring (bicyclic) bond motifs is 1. The molecule has 3 aromatic rings. The van der Waals surface area contributed by atoms with Gasteiger partial charge in [-0.25, -0.2) is 9.50 Å². The summed E-state index contributed by atoms with van der Waals surface area (Å²) in [4.78, 5) is 4.31. The smallest absolute Gasteiger partial charge is 0.154 e. The molecule has 0 N–H and O–H groups in total. The van der Waals surface area contributed by atoms with Gasteiger partial charge in [0.25, 0.3) is 0 Å². The topological polar surface area (TPSA) is 39.4 Å². The Morgan fingerprint density at radius 2 is 1.90 bits per heavy atom. The van der Waals surface area contributed by atoms with Gasteiger partial charge in [-0.1, -0.05) is 0 Å². The maximum Gasteiger partial charge on any atom is 0.154 e. The normalized spacial score (nSPS) is 11.0. The lowest BCUT2D eigenvalue weighted by Gasteiger charge is -2.12. The number of rotatable bonds is 2. The second-order valence-corrected chi connectivity index (χ2v) is 5.46. The zero-order valence-corrected chi connectivity index (χ0v) is 13.1. The van der Waals surface area contributed by atoms with Crippen LogP contribution in [0.3, 0.4) is 0 Å². The fourth-order valence-corrected chi connectivity index (χ4v) is 2.67. The Hall–Kier alpha value is -1.88. The molecule has 2 heterocycles. The van der Waals surface area contributed by atoms with Crippen molar-refractivity contribution in [2.45, 2.75) is 13.8 Å². The van der Waals surface area contributed by atoms with Gasteiger partial charge < -0.3 is 4.74 Å². The summed E-state index contributed by atoms with van der Waals surface area (Å²) in [6, 6.07) is 7.98. The number of methoxy groups -OCH3 is 1. The lowest BCUT2D eigenvalue weighted by atomic mass is 10.00. The van der Waals surface area contributed by atoms with Gasteiger partial charge in [-0.05, 0) is 65.2 Å². The molecule has 0 atom stereocenters. The minimum atomic E-state index is 0.782. The third-order valence-corrected chi connectivity index (χ3v) is 3.91. The summed E-state index contributed by atoms with van der Waals surface area (Å²) in [5, 5.41) is 4.61. The van der Waals surface area contributed by atoms with Crippen molar-refractivity contribution in [2.75, 3.05) is 7.11 Å². The van der Waals surface area contributed by atoms with E-state index in [-0.39, 0.29) is 0 Å². The monoisotopic (exact) mass is 331 g/mol. The molecule has 0 saturated carbocycles. The van der Waals surface area contributed by atoms with Gasteiger partial charge >= 0.3 is 0 Å². The van der Waals surface area contributed by atoms with Gasteiger partial charge in [0, 0.05) is 5.56 Å². The molecule has 0 unspecified atom stereocenters. The molecular formula is C15H14BrN3O. The lowest BCUT2D eigenvalue weighted by molar-refractivity contribution is 0.411. The highest BCUT2D eigenvalue weighted by molar-refractivity contribution is 9.10. The summed E-state index contributed by atoms with van der Waals surface area (Å²) in [5.74, 6) is 0.901. The van der Waals surface area contributed by atoms with Gasteiger partial charge in [-0.2, -0.15) is 5.10 Å². The number of halogens is 1. The van der Waals surface area contributed by atoms with Crippen molar-refractivity contribution in [3.8, 4) is 17.0 Å². The quantitative estimate of drug-likeness (QED) is 0.717. The van der Waals surface area contributed by atoms with Crippen molar-refractivity contribution in [3.05, 3.63) is 46.2 Å². The summed E-state index contributed by atoms with van der Waals surface area (Å²) in [5.41, 5.74) is 5.17. The molecular weight excluding hydrogens is 318 g/mol. The van der Waals surface area contributed by atoms with Crippen molar-refractivity contribution in [1.29, 1.82) is 0 Å². The van der Waals surface area contributed by atoms with E-state index in [1.807, 2.05) is 30.5 Å².